The number of nitrogens with zero attached hydrogens (tertiary/aromatic N) is 2. The molecule has 1 aromatic rings. The average Bonchev–Trinajstić information content (AvgIpc) is 2.82. The fourth-order valence-electron chi connectivity index (χ4n) is 3.35. The van der Waals surface area contributed by atoms with Crippen molar-refractivity contribution < 1.29 is 4.92 Å². The highest BCUT2D eigenvalue weighted by Gasteiger charge is 2.34. The highest BCUT2D eigenvalue weighted by molar-refractivity contribution is 6.30. The molecule has 2 aliphatic rings. The van der Waals surface area contributed by atoms with Crippen LogP contribution in [0.15, 0.2) is 18.2 Å². The van der Waals surface area contributed by atoms with Crippen LogP contribution in [0.25, 0.3) is 0 Å². The van der Waals surface area contributed by atoms with Gasteiger partial charge in [0.2, 0.25) is 0 Å². The predicted octanol–water partition coefficient (Wildman–Crippen LogP) is 2.43. The Kier molecular flexibility index (Phi) is 3.92. The normalized spacial score (nSPS) is 26.4. The molecule has 0 amide bonds. The first-order chi connectivity index (χ1) is 9.63. The standard InChI is InChI=1S/C14H18ClN3O2/c15-12-4-3-11(14(6-12)18(19)20)8-17-7-10-2-1-5-16-13(10)9-17/h3-4,6,10,13,16H,1-2,5,7-9H2. The van der Waals surface area contributed by atoms with E-state index in [0.29, 0.717) is 23.5 Å². The molecule has 20 heavy (non-hydrogen) atoms. The van der Waals surface area contributed by atoms with Crippen molar-refractivity contribution >= 4 is 17.3 Å². The minimum atomic E-state index is -0.345. The maximum atomic E-state index is 11.1. The Bertz CT molecular complexity index is 509. The van der Waals surface area contributed by atoms with Gasteiger partial charge in [0, 0.05) is 42.3 Å². The monoisotopic (exact) mass is 295 g/mol. The van der Waals surface area contributed by atoms with Gasteiger partial charge in [0.25, 0.3) is 5.69 Å². The minimum absolute atomic E-state index is 0.125. The fourth-order valence-corrected chi connectivity index (χ4v) is 3.51. The van der Waals surface area contributed by atoms with E-state index in [1.807, 2.05) is 0 Å². The Morgan fingerprint density at radius 3 is 3.05 bits per heavy atom. The summed E-state index contributed by atoms with van der Waals surface area (Å²) in [6.45, 7) is 3.72. The molecule has 2 heterocycles. The average molecular weight is 296 g/mol. The molecule has 2 atom stereocenters. The molecule has 0 radical (unpaired) electrons. The molecule has 2 fully saturated rings. The number of hydrogen-bond acceptors (Lipinski definition) is 4. The lowest BCUT2D eigenvalue weighted by Crippen LogP contribution is -2.40. The summed E-state index contributed by atoms with van der Waals surface area (Å²) in [6, 6.07) is 5.49. The first-order valence-electron chi connectivity index (χ1n) is 7.02. The van der Waals surface area contributed by atoms with Crippen molar-refractivity contribution in [1.29, 1.82) is 0 Å². The number of nitro groups is 1. The number of likely N-dealkylation sites (tertiary alicyclic amines) is 1. The molecule has 108 valence electrons. The maximum absolute atomic E-state index is 11.1. The summed E-state index contributed by atoms with van der Waals surface area (Å²) in [7, 11) is 0. The molecule has 1 aromatic carbocycles. The van der Waals surface area contributed by atoms with Gasteiger partial charge >= 0.3 is 0 Å². The molecular formula is C14H18ClN3O2. The first kappa shape index (κ1) is 13.8. The lowest BCUT2D eigenvalue weighted by molar-refractivity contribution is -0.385. The number of nitrogens with one attached hydrogen (secondary N) is 1. The maximum Gasteiger partial charge on any atom is 0.275 e. The topological polar surface area (TPSA) is 58.4 Å². The van der Waals surface area contributed by atoms with E-state index in [1.165, 1.54) is 18.9 Å². The summed E-state index contributed by atoms with van der Waals surface area (Å²) in [5.41, 5.74) is 0.873. The van der Waals surface area contributed by atoms with Crippen LogP contribution in [0, 0.1) is 16.0 Å². The van der Waals surface area contributed by atoms with E-state index < -0.39 is 0 Å². The first-order valence-corrected chi connectivity index (χ1v) is 7.40. The Labute approximate surface area is 123 Å². The van der Waals surface area contributed by atoms with E-state index >= 15 is 0 Å². The van der Waals surface area contributed by atoms with Crippen LogP contribution in [0.2, 0.25) is 5.02 Å². The molecule has 0 spiro atoms. The van der Waals surface area contributed by atoms with Crippen molar-refractivity contribution in [3.05, 3.63) is 38.9 Å². The van der Waals surface area contributed by atoms with Gasteiger partial charge in [-0.05, 0) is 37.4 Å². The van der Waals surface area contributed by atoms with Gasteiger partial charge in [-0.15, -0.1) is 0 Å². The number of benzene rings is 1. The van der Waals surface area contributed by atoms with Gasteiger partial charge < -0.3 is 5.32 Å². The molecular weight excluding hydrogens is 278 g/mol. The Morgan fingerprint density at radius 1 is 1.45 bits per heavy atom. The third-order valence-electron chi connectivity index (χ3n) is 4.31. The lowest BCUT2D eigenvalue weighted by Gasteiger charge is -2.24. The van der Waals surface area contributed by atoms with E-state index in [1.54, 1.807) is 12.1 Å². The van der Waals surface area contributed by atoms with Crippen LogP contribution in [-0.4, -0.2) is 35.5 Å². The second-order valence-electron chi connectivity index (χ2n) is 5.69. The summed E-state index contributed by atoms with van der Waals surface area (Å²) in [5, 5.41) is 15.1. The molecule has 2 aliphatic heterocycles. The summed E-state index contributed by atoms with van der Waals surface area (Å²) < 4.78 is 0. The van der Waals surface area contributed by atoms with E-state index in [-0.39, 0.29) is 10.6 Å². The molecule has 6 heteroatoms. The van der Waals surface area contributed by atoms with Crippen molar-refractivity contribution in [3.63, 3.8) is 0 Å². The van der Waals surface area contributed by atoms with Crippen LogP contribution in [0.5, 0.6) is 0 Å². The number of nitro benzene ring substituents is 1. The zero-order valence-electron chi connectivity index (χ0n) is 11.2. The molecule has 1 N–H and O–H groups in total. The summed E-state index contributed by atoms with van der Waals surface area (Å²) in [5.74, 6) is 0.690. The largest absolute Gasteiger partial charge is 0.312 e. The number of fused-ring (bicyclic) bond motifs is 1. The molecule has 0 aromatic heterocycles. The number of piperidine rings is 1. The van der Waals surface area contributed by atoms with Gasteiger partial charge in [-0.3, -0.25) is 15.0 Å². The van der Waals surface area contributed by atoms with Crippen molar-refractivity contribution in [2.24, 2.45) is 5.92 Å². The van der Waals surface area contributed by atoms with Gasteiger partial charge in [-0.1, -0.05) is 11.6 Å². The van der Waals surface area contributed by atoms with Crippen LogP contribution in [-0.2, 0) is 6.54 Å². The second kappa shape index (κ2) is 5.68. The fraction of sp³-hybridized carbons (Fsp3) is 0.571. The molecule has 0 aliphatic carbocycles. The van der Waals surface area contributed by atoms with Crippen molar-refractivity contribution in [2.45, 2.75) is 25.4 Å². The molecule has 5 nitrogen and oxygen atoms in total. The van der Waals surface area contributed by atoms with Crippen LogP contribution >= 0.6 is 11.6 Å². The number of rotatable bonds is 3. The SMILES string of the molecule is O=[N+]([O-])c1cc(Cl)ccc1CN1CC2CCCNC2C1. The third-order valence-corrected chi connectivity index (χ3v) is 4.55. The zero-order valence-corrected chi connectivity index (χ0v) is 12.0. The number of hydrogen-bond donors (Lipinski definition) is 1. The molecule has 2 unspecified atom stereocenters. The third kappa shape index (κ3) is 2.80. The van der Waals surface area contributed by atoms with Gasteiger partial charge in [-0.2, -0.15) is 0 Å². The van der Waals surface area contributed by atoms with Gasteiger partial charge in [0.15, 0.2) is 0 Å². The van der Waals surface area contributed by atoms with Gasteiger partial charge in [-0.25, -0.2) is 0 Å². The highest BCUT2D eigenvalue weighted by Crippen LogP contribution is 2.29. The predicted molar refractivity (Wildman–Crippen MR) is 77.9 cm³/mol. The Morgan fingerprint density at radius 2 is 2.30 bits per heavy atom. The van der Waals surface area contributed by atoms with Crippen LogP contribution in [0.4, 0.5) is 5.69 Å². The van der Waals surface area contributed by atoms with E-state index in [4.69, 9.17) is 11.6 Å². The molecule has 0 saturated carbocycles. The van der Waals surface area contributed by atoms with Crippen LogP contribution in [0.1, 0.15) is 18.4 Å². The van der Waals surface area contributed by atoms with Crippen molar-refractivity contribution in [1.82, 2.24) is 10.2 Å². The molecule has 3 rings (SSSR count). The quantitative estimate of drug-likeness (QED) is 0.687. The van der Waals surface area contributed by atoms with Crippen LogP contribution < -0.4 is 5.32 Å². The number of halogens is 1. The molecule has 0 bridgehead atoms. The van der Waals surface area contributed by atoms with E-state index in [9.17, 15) is 10.1 Å². The van der Waals surface area contributed by atoms with Crippen molar-refractivity contribution in [2.75, 3.05) is 19.6 Å². The van der Waals surface area contributed by atoms with Crippen LogP contribution in [0.3, 0.4) is 0 Å². The summed E-state index contributed by atoms with van der Waals surface area (Å²) in [4.78, 5) is 13.1. The van der Waals surface area contributed by atoms with E-state index in [0.717, 1.165) is 25.2 Å². The minimum Gasteiger partial charge on any atom is -0.312 e. The Balaban J connectivity index is 1.73. The van der Waals surface area contributed by atoms with E-state index in [2.05, 4.69) is 10.2 Å². The highest BCUT2D eigenvalue weighted by atomic mass is 35.5. The van der Waals surface area contributed by atoms with Gasteiger partial charge in [0.05, 0.1) is 4.92 Å². The second-order valence-corrected chi connectivity index (χ2v) is 6.12. The smallest absolute Gasteiger partial charge is 0.275 e. The Hall–Kier alpha value is -1.17. The lowest BCUT2D eigenvalue weighted by atomic mass is 9.94. The summed E-state index contributed by atoms with van der Waals surface area (Å²) >= 11 is 5.85. The zero-order chi connectivity index (χ0) is 14.1. The molecule has 2 saturated heterocycles. The van der Waals surface area contributed by atoms with Crippen molar-refractivity contribution in [3.8, 4) is 0 Å². The summed E-state index contributed by atoms with van der Waals surface area (Å²) in [6.07, 6.45) is 2.49. The van der Waals surface area contributed by atoms with Gasteiger partial charge in [0.1, 0.15) is 0 Å².